The average molecular weight is 285 g/mol. The predicted octanol–water partition coefficient (Wildman–Crippen LogP) is 2.78. The van der Waals surface area contributed by atoms with E-state index in [2.05, 4.69) is 41.6 Å². The summed E-state index contributed by atoms with van der Waals surface area (Å²) in [4.78, 5) is 0. The van der Waals surface area contributed by atoms with Crippen LogP contribution in [0.5, 0.6) is 0 Å². The fourth-order valence-corrected chi connectivity index (χ4v) is 2.97. The molecule has 1 aromatic carbocycles. The molecule has 1 fully saturated rings. The van der Waals surface area contributed by atoms with Gasteiger partial charge in [-0.05, 0) is 42.5 Å². The first-order chi connectivity index (χ1) is 10.4. The summed E-state index contributed by atoms with van der Waals surface area (Å²) < 4.78 is 7.60. The summed E-state index contributed by atoms with van der Waals surface area (Å²) in [6, 6.07) is 10.5. The number of hydrogen-bond acceptors (Lipinski definition) is 3. The molecule has 3 rings (SSSR count). The molecule has 2 heterocycles. The van der Waals surface area contributed by atoms with E-state index in [4.69, 9.17) is 4.74 Å². The van der Waals surface area contributed by atoms with Gasteiger partial charge in [0.25, 0.3) is 0 Å². The number of hydrogen-bond donors (Lipinski definition) is 1. The van der Waals surface area contributed by atoms with Gasteiger partial charge in [0.15, 0.2) is 0 Å². The fraction of sp³-hybridized carbons (Fsp3) is 0.471. The first-order valence-corrected chi connectivity index (χ1v) is 7.78. The van der Waals surface area contributed by atoms with E-state index in [0.29, 0.717) is 12.0 Å². The Hall–Kier alpha value is -1.65. The second-order valence-corrected chi connectivity index (χ2v) is 5.61. The topological polar surface area (TPSA) is 39.1 Å². The summed E-state index contributed by atoms with van der Waals surface area (Å²) in [5, 5.41) is 7.80. The number of aromatic nitrogens is 2. The van der Waals surface area contributed by atoms with Gasteiger partial charge in [0, 0.05) is 32.1 Å². The van der Waals surface area contributed by atoms with E-state index < -0.39 is 0 Å². The van der Waals surface area contributed by atoms with Crippen LogP contribution in [0.1, 0.15) is 25.3 Å². The van der Waals surface area contributed by atoms with Gasteiger partial charge in [-0.1, -0.05) is 19.1 Å². The molecular formula is C17H23N3O. The van der Waals surface area contributed by atoms with E-state index in [0.717, 1.165) is 31.8 Å². The zero-order chi connectivity index (χ0) is 14.5. The summed E-state index contributed by atoms with van der Waals surface area (Å²) in [5.74, 6) is 0.665. The highest BCUT2D eigenvalue weighted by Crippen LogP contribution is 2.22. The van der Waals surface area contributed by atoms with Crippen LogP contribution in [0.25, 0.3) is 5.69 Å². The van der Waals surface area contributed by atoms with Crippen molar-refractivity contribution in [2.75, 3.05) is 13.2 Å². The summed E-state index contributed by atoms with van der Waals surface area (Å²) in [6.45, 7) is 5.08. The summed E-state index contributed by atoms with van der Waals surface area (Å²) in [7, 11) is 0. The van der Waals surface area contributed by atoms with Crippen LogP contribution in [-0.4, -0.2) is 29.0 Å². The first kappa shape index (κ1) is 14.3. The maximum atomic E-state index is 5.72. The van der Waals surface area contributed by atoms with Crippen molar-refractivity contribution in [3.8, 4) is 5.69 Å². The van der Waals surface area contributed by atoms with Crippen LogP contribution in [0.15, 0.2) is 42.7 Å². The minimum atomic E-state index is 0.444. The molecule has 0 saturated carbocycles. The van der Waals surface area contributed by atoms with Crippen LogP contribution < -0.4 is 5.32 Å². The third kappa shape index (κ3) is 3.52. The molecule has 4 nitrogen and oxygen atoms in total. The molecule has 2 unspecified atom stereocenters. The van der Waals surface area contributed by atoms with Crippen molar-refractivity contribution < 1.29 is 4.74 Å². The highest BCUT2D eigenvalue weighted by molar-refractivity contribution is 5.33. The molecule has 2 atom stereocenters. The van der Waals surface area contributed by atoms with Gasteiger partial charge in [0.2, 0.25) is 0 Å². The quantitative estimate of drug-likeness (QED) is 0.887. The van der Waals surface area contributed by atoms with Crippen molar-refractivity contribution in [1.82, 2.24) is 15.1 Å². The third-order valence-corrected chi connectivity index (χ3v) is 4.19. The van der Waals surface area contributed by atoms with Crippen LogP contribution >= 0.6 is 0 Å². The molecule has 1 N–H and O–H groups in total. The Morgan fingerprint density at radius 1 is 1.33 bits per heavy atom. The number of ether oxygens (including phenoxy) is 1. The third-order valence-electron chi connectivity index (χ3n) is 4.19. The Morgan fingerprint density at radius 3 is 2.90 bits per heavy atom. The Balaban J connectivity index is 1.49. The summed E-state index contributed by atoms with van der Waals surface area (Å²) in [5.41, 5.74) is 2.40. The largest absolute Gasteiger partial charge is 0.378 e. The van der Waals surface area contributed by atoms with E-state index in [9.17, 15) is 0 Å². The maximum Gasteiger partial charge on any atom is 0.0645 e. The van der Waals surface area contributed by atoms with Crippen LogP contribution in [0, 0.1) is 5.92 Å². The Bertz CT molecular complexity index is 536. The Labute approximate surface area is 126 Å². The van der Waals surface area contributed by atoms with Crippen molar-refractivity contribution in [3.05, 3.63) is 48.3 Å². The standard InChI is InChI=1S/C17H23N3O/c1-2-17-15(8-11-21-17)13-18-12-14-4-6-16(7-5-14)20-10-3-9-19-20/h3-7,9-10,15,17-18H,2,8,11-13H2,1H3. The number of rotatable bonds is 6. The molecule has 1 aliphatic rings. The molecule has 0 amide bonds. The van der Waals surface area contributed by atoms with Crippen LogP contribution in [-0.2, 0) is 11.3 Å². The molecule has 21 heavy (non-hydrogen) atoms. The van der Waals surface area contributed by atoms with Crippen LogP contribution in [0.4, 0.5) is 0 Å². The van der Waals surface area contributed by atoms with Gasteiger partial charge < -0.3 is 10.1 Å². The zero-order valence-corrected chi connectivity index (χ0v) is 12.5. The van der Waals surface area contributed by atoms with Gasteiger partial charge in [0.1, 0.15) is 0 Å². The second kappa shape index (κ2) is 6.87. The lowest BCUT2D eigenvalue weighted by Crippen LogP contribution is -2.27. The van der Waals surface area contributed by atoms with Gasteiger partial charge in [-0.3, -0.25) is 0 Å². The Kier molecular flexibility index (Phi) is 4.68. The molecule has 1 aromatic heterocycles. The Morgan fingerprint density at radius 2 is 2.19 bits per heavy atom. The van der Waals surface area contributed by atoms with E-state index in [1.165, 1.54) is 12.0 Å². The van der Waals surface area contributed by atoms with Gasteiger partial charge in [-0.2, -0.15) is 5.10 Å². The molecule has 0 radical (unpaired) electrons. The highest BCUT2D eigenvalue weighted by atomic mass is 16.5. The molecule has 4 heteroatoms. The average Bonchev–Trinajstić information content (AvgIpc) is 3.19. The SMILES string of the molecule is CCC1OCCC1CNCc1ccc(-n2cccn2)cc1. The first-order valence-electron chi connectivity index (χ1n) is 7.78. The minimum absolute atomic E-state index is 0.444. The van der Waals surface area contributed by atoms with Crippen molar-refractivity contribution in [2.24, 2.45) is 5.92 Å². The monoisotopic (exact) mass is 285 g/mol. The van der Waals surface area contributed by atoms with E-state index in [-0.39, 0.29) is 0 Å². The molecule has 2 aromatic rings. The van der Waals surface area contributed by atoms with E-state index in [1.807, 2.05) is 16.9 Å². The summed E-state index contributed by atoms with van der Waals surface area (Å²) >= 11 is 0. The number of nitrogens with zero attached hydrogens (tertiary/aromatic N) is 2. The summed E-state index contributed by atoms with van der Waals surface area (Å²) in [6.07, 6.45) is 6.50. The molecule has 0 aliphatic carbocycles. The van der Waals surface area contributed by atoms with Crippen molar-refractivity contribution in [3.63, 3.8) is 0 Å². The fourth-order valence-electron chi connectivity index (χ4n) is 2.97. The second-order valence-electron chi connectivity index (χ2n) is 5.61. The zero-order valence-electron chi connectivity index (χ0n) is 12.5. The minimum Gasteiger partial charge on any atom is -0.378 e. The van der Waals surface area contributed by atoms with Gasteiger partial charge in [-0.25, -0.2) is 4.68 Å². The maximum absolute atomic E-state index is 5.72. The van der Waals surface area contributed by atoms with Gasteiger partial charge >= 0.3 is 0 Å². The number of benzene rings is 1. The lowest BCUT2D eigenvalue weighted by Gasteiger charge is -2.17. The van der Waals surface area contributed by atoms with E-state index >= 15 is 0 Å². The van der Waals surface area contributed by atoms with Crippen LogP contribution in [0.3, 0.4) is 0 Å². The van der Waals surface area contributed by atoms with Crippen molar-refractivity contribution >= 4 is 0 Å². The van der Waals surface area contributed by atoms with Crippen molar-refractivity contribution in [2.45, 2.75) is 32.4 Å². The normalized spacial score (nSPS) is 21.8. The molecule has 1 aliphatic heterocycles. The lowest BCUT2D eigenvalue weighted by atomic mass is 9.99. The molecular weight excluding hydrogens is 262 g/mol. The lowest BCUT2D eigenvalue weighted by molar-refractivity contribution is 0.0872. The predicted molar refractivity (Wildman–Crippen MR) is 83.4 cm³/mol. The van der Waals surface area contributed by atoms with E-state index in [1.54, 1.807) is 6.20 Å². The van der Waals surface area contributed by atoms with Crippen LogP contribution in [0.2, 0.25) is 0 Å². The smallest absolute Gasteiger partial charge is 0.0645 e. The molecule has 0 spiro atoms. The van der Waals surface area contributed by atoms with Crippen molar-refractivity contribution in [1.29, 1.82) is 0 Å². The van der Waals surface area contributed by atoms with Gasteiger partial charge in [0.05, 0.1) is 11.8 Å². The molecule has 0 bridgehead atoms. The highest BCUT2D eigenvalue weighted by Gasteiger charge is 2.25. The number of nitrogens with one attached hydrogen (secondary N) is 1. The van der Waals surface area contributed by atoms with Gasteiger partial charge in [-0.15, -0.1) is 0 Å². The molecule has 1 saturated heterocycles. The molecule has 112 valence electrons.